The van der Waals surface area contributed by atoms with Crippen molar-refractivity contribution in [3.8, 4) is 17.2 Å². The molecule has 1 atom stereocenters. The Bertz CT molecular complexity index is 825. The number of hydrogen-bond acceptors (Lipinski definition) is 7. The second-order valence-corrected chi connectivity index (χ2v) is 6.51. The molecule has 7 nitrogen and oxygen atoms in total. The van der Waals surface area contributed by atoms with Crippen molar-refractivity contribution in [2.75, 3.05) is 13.2 Å². The molecule has 0 radical (unpaired) electrons. The zero-order chi connectivity index (χ0) is 20.4. The molecule has 28 heavy (non-hydrogen) atoms. The van der Waals surface area contributed by atoms with Gasteiger partial charge in [0.1, 0.15) is 16.7 Å². The number of benzene rings is 1. The second kappa shape index (κ2) is 11.4. The average Bonchev–Trinajstić information content (AvgIpc) is 2.69. The van der Waals surface area contributed by atoms with Gasteiger partial charge < -0.3 is 29.2 Å². The standard InChI is InChI=1S/C21H28O7/c1-2-3-4-5-6-7-12-27-20-19(24)18-16(26-13-11-15(23)14-22)9-8-10-17(18)28-21(20)25/h7-10,12,15,22-24H,2-6,11,13-14H2,1H3/b12-7+. The quantitative estimate of drug-likeness (QED) is 0.288. The van der Waals surface area contributed by atoms with Crippen LogP contribution in [0.2, 0.25) is 0 Å². The Morgan fingerprint density at radius 1 is 1.25 bits per heavy atom. The molecule has 0 aliphatic heterocycles. The fourth-order valence-corrected chi connectivity index (χ4v) is 2.68. The summed E-state index contributed by atoms with van der Waals surface area (Å²) in [5.41, 5.74) is -0.618. The number of unbranched alkanes of at least 4 members (excludes halogenated alkanes) is 4. The van der Waals surface area contributed by atoms with Gasteiger partial charge in [-0.05, 0) is 31.1 Å². The van der Waals surface area contributed by atoms with E-state index in [1.54, 1.807) is 24.3 Å². The van der Waals surface area contributed by atoms with Crippen LogP contribution in [0, 0.1) is 0 Å². The van der Waals surface area contributed by atoms with Crippen molar-refractivity contribution in [1.29, 1.82) is 0 Å². The van der Waals surface area contributed by atoms with E-state index in [0.717, 1.165) is 25.7 Å². The first-order valence-corrected chi connectivity index (χ1v) is 9.60. The van der Waals surface area contributed by atoms with Gasteiger partial charge >= 0.3 is 5.63 Å². The Labute approximate surface area is 163 Å². The molecule has 0 amide bonds. The van der Waals surface area contributed by atoms with E-state index in [4.69, 9.17) is 19.0 Å². The largest absolute Gasteiger partial charge is 0.503 e. The van der Waals surface area contributed by atoms with Crippen molar-refractivity contribution in [1.82, 2.24) is 0 Å². The first-order chi connectivity index (χ1) is 13.6. The fraction of sp³-hybridized carbons (Fsp3) is 0.476. The lowest BCUT2D eigenvalue weighted by atomic mass is 10.1. The Kier molecular flexibility index (Phi) is 8.84. The van der Waals surface area contributed by atoms with E-state index >= 15 is 0 Å². The minimum atomic E-state index is -0.886. The number of aromatic hydroxyl groups is 1. The summed E-state index contributed by atoms with van der Waals surface area (Å²) in [6.45, 7) is 1.91. The maximum absolute atomic E-state index is 12.1. The zero-order valence-corrected chi connectivity index (χ0v) is 16.1. The normalized spacial score (nSPS) is 12.5. The molecule has 1 aromatic carbocycles. The van der Waals surface area contributed by atoms with Crippen LogP contribution in [-0.4, -0.2) is 34.6 Å². The van der Waals surface area contributed by atoms with Crippen LogP contribution in [0.4, 0.5) is 0 Å². The summed E-state index contributed by atoms with van der Waals surface area (Å²) in [6, 6.07) is 4.78. The van der Waals surface area contributed by atoms with Crippen LogP contribution in [0.5, 0.6) is 17.2 Å². The maximum Gasteiger partial charge on any atom is 0.383 e. The summed E-state index contributed by atoms with van der Waals surface area (Å²) >= 11 is 0. The van der Waals surface area contributed by atoms with Gasteiger partial charge in [-0.25, -0.2) is 4.79 Å². The monoisotopic (exact) mass is 392 g/mol. The topological polar surface area (TPSA) is 109 Å². The molecule has 1 heterocycles. The third-order valence-electron chi connectivity index (χ3n) is 4.25. The predicted octanol–water partition coefficient (Wildman–Crippen LogP) is 3.48. The van der Waals surface area contributed by atoms with Gasteiger partial charge in [0, 0.05) is 6.42 Å². The minimum absolute atomic E-state index is 0.118. The highest BCUT2D eigenvalue weighted by atomic mass is 16.5. The summed E-state index contributed by atoms with van der Waals surface area (Å²) in [7, 11) is 0. The van der Waals surface area contributed by atoms with Crippen LogP contribution in [-0.2, 0) is 0 Å². The van der Waals surface area contributed by atoms with Gasteiger partial charge in [-0.3, -0.25) is 0 Å². The van der Waals surface area contributed by atoms with Crippen molar-refractivity contribution in [3.05, 3.63) is 41.0 Å². The lowest BCUT2D eigenvalue weighted by Crippen LogP contribution is -2.15. The molecule has 2 aromatic rings. The Morgan fingerprint density at radius 2 is 2.07 bits per heavy atom. The molecular weight excluding hydrogens is 364 g/mol. The van der Waals surface area contributed by atoms with E-state index in [9.17, 15) is 15.0 Å². The average molecular weight is 392 g/mol. The smallest absolute Gasteiger partial charge is 0.383 e. The summed E-state index contributed by atoms with van der Waals surface area (Å²) in [4.78, 5) is 12.1. The van der Waals surface area contributed by atoms with Gasteiger partial charge in [0.05, 0.1) is 25.6 Å². The second-order valence-electron chi connectivity index (χ2n) is 6.51. The van der Waals surface area contributed by atoms with E-state index in [-0.39, 0.29) is 47.9 Å². The highest BCUT2D eigenvalue weighted by Gasteiger charge is 2.18. The van der Waals surface area contributed by atoms with Crippen LogP contribution in [0.25, 0.3) is 11.0 Å². The van der Waals surface area contributed by atoms with Crippen molar-refractivity contribution in [2.45, 2.75) is 51.6 Å². The highest BCUT2D eigenvalue weighted by molar-refractivity contribution is 5.91. The van der Waals surface area contributed by atoms with E-state index in [2.05, 4.69) is 6.92 Å². The van der Waals surface area contributed by atoms with Crippen molar-refractivity contribution < 1.29 is 29.2 Å². The van der Waals surface area contributed by atoms with E-state index in [0.29, 0.717) is 0 Å². The van der Waals surface area contributed by atoms with E-state index < -0.39 is 11.7 Å². The number of fused-ring (bicyclic) bond motifs is 1. The molecule has 0 saturated carbocycles. The Hall–Kier alpha value is -2.51. The molecule has 0 fully saturated rings. The SMILES string of the molecule is CCCCCC/C=C/Oc1c(O)c2c(OCCC(O)CO)cccc2oc1=O. The molecule has 0 bridgehead atoms. The molecule has 0 saturated heterocycles. The molecule has 0 aliphatic carbocycles. The number of rotatable bonds is 12. The van der Waals surface area contributed by atoms with Gasteiger partial charge in [-0.15, -0.1) is 0 Å². The van der Waals surface area contributed by atoms with Crippen molar-refractivity contribution >= 4 is 11.0 Å². The molecule has 154 valence electrons. The summed E-state index contributed by atoms with van der Waals surface area (Å²) in [5.74, 6) is -0.374. The predicted molar refractivity (Wildman–Crippen MR) is 106 cm³/mol. The lowest BCUT2D eigenvalue weighted by molar-refractivity contribution is 0.0756. The number of hydrogen-bond donors (Lipinski definition) is 3. The molecule has 0 aliphatic rings. The molecule has 7 heteroatoms. The maximum atomic E-state index is 12.1. The fourth-order valence-electron chi connectivity index (χ4n) is 2.68. The number of aliphatic hydroxyl groups excluding tert-OH is 2. The Morgan fingerprint density at radius 3 is 2.82 bits per heavy atom. The van der Waals surface area contributed by atoms with Crippen LogP contribution in [0.3, 0.4) is 0 Å². The first kappa shape index (κ1) is 21.8. The molecule has 0 spiro atoms. The van der Waals surface area contributed by atoms with E-state index in [1.807, 2.05) is 0 Å². The summed E-state index contributed by atoms with van der Waals surface area (Å²) < 4.78 is 16.1. The zero-order valence-electron chi connectivity index (χ0n) is 16.1. The van der Waals surface area contributed by atoms with Crippen molar-refractivity contribution in [3.63, 3.8) is 0 Å². The number of allylic oxidation sites excluding steroid dienone is 1. The number of aliphatic hydroxyl groups is 2. The van der Waals surface area contributed by atoms with E-state index in [1.165, 1.54) is 12.7 Å². The molecular formula is C21H28O7. The van der Waals surface area contributed by atoms with Gasteiger partial charge in [-0.2, -0.15) is 0 Å². The van der Waals surface area contributed by atoms with Crippen LogP contribution < -0.4 is 15.1 Å². The lowest BCUT2D eigenvalue weighted by Gasteiger charge is -2.12. The van der Waals surface area contributed by atoms with Gasteiger partial charge in [0.15, 0.2) is 5.75 Å². The first-order valence-electron chi connectivity index (χ1n) is 9.60. The third-order valence-corrected chi connectivity index (χ3v) is 4.25. The molecule has 3 N–H and O–H groups in total. The summed E-state index contributed by atoms with van der Waals surface area (Å²) in [6.07, 6.45) is 7.84. The van der Waals surface area contributed by atoms with Gasteiger partial charge in [0.2, 0.25) is 0 Å². The molecule has 1 unspecified atom stereocenters. The van der Waals surface area contributed by atoms with Crippen LogP contribution in [0.15, 0.2) is 39.7 Å². The molecule has 2 rings (SSSR count). The summed E-state index contributed by atoms with van der Waals surface area (Å²) in [5, 5.41) is 29.0. The van der Waals surface area contributed by atoms with Gasteiger partial charge in [0.25, 0.3) is 5.75 Å². The number of ether oxygens (including phenoxy) is 2. The Balaban J connectivity index is 2.15. The van der Waals surface area contributed by atoms with Crippen LogP contribution in [0.1, 0.15) is 45.4 Å². The molecule has 1 aromatic heterocycles. The highest BCUT2D eigenvalue weighted by Crippen LogP contribution is 2.37. The minimum Gasteiger partial charge on any atom is -0.503 e. The van der Waals surface area contributed by atoms with Gasteiger partial charge in [-0.1, -0.05) is 32.3 Å². The third kappa shape index (κ3) is 6.00. The van der Waals surface area contributed by atoms with Crippen LogP contribution >= 0.6 is 0 Å². The van der Waals surface area contributed by atoms with Crippen molar-refractivity contribution in [2.24, 2.45) is 0 Å².